The SMILES string of the molecule is O=S(=O)(Nc1cnc(N2CCC(O)(c3ccc(Cl)c(C(F)(F)F)c3)CC2)c(Cl)c1)c1ccc(F)c(Cl)c1. The smallest absolute Gasteiger partial charge is 0.385 e. The number of aromatic nitrogens is 1. The molecule has 14 heteroatoms. The van der Waals surface area contributed by atoms with E-state index in [0.29, 0.717) is 5.82 Å². The summed E-state index contributed by atoms with van der Waals surface area (Å²) < 4.78 is 80.6. The lowest BCUT2D eigenvalue weighted by molar-refractivity contribution is -0.137. The molecule has 0 spiro atoms. The maximum absolute atomic E-state index is 13.4. The topological polar surface area (TPSA) is 82.5 Å². The highest BCUT2D eigenvalue weighted by Crippen LogP contribution is 2.41. The molecule has 0 atom stereocenters. The van der Waals surface area contributed by atoms with Crippen LogP contribution in [0.4, 0.5) is 29.1 Å². The van der Waals surface area contributed by atoms with Crippen LogP contribution >= 0.6 is 34.8 Å². The molecule has 1 aliphatic heterocycles. The number of hydrogen-bond acceptors (Lipinski definition) is 5. The standard InChI is InChI=1S/C23H18Cl3F4N3O3S/c24-17-3-1-13(9-16(17)23(28,29)30)22(34)5-7-33(8-6-22)21-19(26)10-14(12-31-21)32-37(35,36)15-2-4-20(27)18(25)11-15/h1-4,9-12,32,34H,5-8H2. The van der Waals surface area contributed by atoms with Crippen molar-refractivity contribution >= 4 is 56.3 Å². The first-order valence-corrected chi connectivity index (χ1v) is 13.3. The Hall–Kier alpha value is -2.31. The summed E-state index contributed by atoms with van der Waals surface area (Å²) in [7, 11) is -4.11. The molecular formula is C23H18Cl3F4N3O3S. The molecule has 1 saturated heterocycles. The number of aliphatic hydroxyl groups is 1. The van der Waals surface area contributed by atoms with Crippen LogP contribution in [0.2, 0.25) is 15.1 Å². The Morgan fingerprint density at radius 2 is 1.65 bits per heavy atom. The highest BCUT2D eigenvalue weighted by Gasteiger charge is 2.39. The Bertz CT molecular complexity index is 1450. The number of nitrogens with one attached hydrogen (secondary N) is 1. The van der Waals surface area contributed by atoms with Gasteiger partial charge in [-0.1, -0.05) is 40.9 Å². The fourth-order valence-corrected chi connectivity index (χ4v) is 5.80. The second-order valence-electron chi connectivity index (χ2n) is 8.42. The molecule has 0 amide bonds. The normalized spacial score (nSPS) is 16.1. The van der Waals surface area contributed by atoms with Crippen LogP contribution in [0.25, 0.3) is 0 Å². The van der Waals surface area contributed by atoms with Crippen LogP contribution < -0.4 is 9.62 Å². The van der Waals surface area contributed by atoms with Gasteiger partial charge in [0.1, 0.15) is 11.6 Å². The average molecular weight is 599 g/mol. The van der Waals surface area contributed by atoms with E-state index in [0.717, 1.165) is 30.3 Å². The number of piperidine rings is 1. The molecular weight excluding hydrogens is 581 g/mol. The molecule has 3 aromatic rings. The fourth-order valence-electron chi connectivity index (χ4n) is 3.99. The number of halogens is 7. The maximum atomic E-state index is 13.4. The van der Waals surface area contributed by atoms with Crippen LogP contribution in [0.5, 0.6) is 0 Å². The van der Waals surface area contributed by atoms with Gasteiger partial charge in [-0.3, -0.25) is 4.72 Å². The number of sulfonamides is 1. The predicted molar refractivity (Wildman–Crippen MR) is 133 cm³/mol. The summed E-state index contributed by atoms with van der Waals surface area (Å²) in [5.41, 5.74) is -2.38. The zero-order valence-corrected chi connectivity index (χ0v) is 21.7. The average Bonchev–Trinajstić information content (AvgIpc) is 2.81. The number of rotatable bonds is 5. The van der Waals surface area contributed by atoms with Crippen LogP contribution in [0.1, 0.15) is 24.0 Å². The van der Waals surface area contributed by atoms with Crippen LogP contribution in [0.3, 0.4) is 0 Å². The molecule has 1 aliphatic rings. The highest BCUT2D eigenvalue weighted by atomic mass is 35.5. The van der Waals surface area contributed by atoms with Gasteiger partial charge < -0.3 is 10.0 Å². The molecule has 2 heterocycles. The van der Waals surface area contributed by atoms with Crippen molar-refractivity contribution in [3.8, 4) is 0 Å². The van der Waals surface area contributed by atoms with Gasteiger partial charge in [-0.05, 0) is 54.8 Å². The Morgan fingerprint density at radius 3 is 2.24 bits per heavy atom. The zero-order chi connectivity index (χ0) is 27.2. The number of nitrogens with zero attached hydrogens (tertiary/aromatic N) is 2. The minimum absolute atomic E-state index is 0.0450. The lowest BCUT2D eigenvalue weighted by Gasteiger charge is -2.39. The Labute approximate surface area is 224 Å². The fraction of sp³-hybridized carbons (Fsp3) is 0.261. The van der Waals surface area contributed by atoms with E-state index in [1.165, 1.54) is 18.3 Å². The van der Waals surface area contributed by atoms with Crippen LogP contribution in [-0.4, -0.2) is 31.6 Å². The van der Waals surface area contributed by atoms with Crippen molar-refractivity contribution in [2.75, 3.05) is 22.7 Å². The van der Waals surface area contributed by atoms with Crippen LogP contribution in [-0.2, 0) is 21.8 Å². The maximum Gasteiger partial charge on any atom is 0.417 e. The number of hydrogen-bond donors (Lipinski definition) is 2. The molecule has 37 heavy (non-hydrogen) atoms. The Balaban J connectivity index is 1.48. The Kier molecular flexibility index (Phi) is 7.57. The minimum atomic E-state index is -4.66. The third kappa shape index (κ3) is 5.91. The van der Waals surface area contributed by atoms with Crippen molar-refractivity contribution in [2.45, 2.75) is 29.5 Å². The van der Waals surface area contributed by atoms with E-state index in [2.05, 4.69) is 9.71 Å². The van der Waals surface area contributed by atoms with Gasteiger partial charge in [-0.25, -0.2) is 17.8 Å². The number of alkyl halides is 3. The summed E-state index contributed by atoms with van der Waals surface area (Å²) in [5, 5.41) is 10.4. The quantitative estimate of drug-likeness (QED) is 0.328. The van der Waals surface area contributed by atoms with Gasteiger partial charge >= 0.3 is 6.18 Å². The first-order chi connectivity index (χ1) is 17.2. The van der Waals surface area contributed by atoms with E-state index < -0.39 is 38.2 Å². The molecule has 4 rings (SSSR count). The zero-order valence-electron chi connectivity index (χ0n) is 18.7. The van der Waals surface area contributed by atoms with Crippen molar-refractivity contribution in [3.05, 3.63) is 80.7 Å². The molecule has 0 bridgehead atoms. The van der Waals surface area contributed by atoms with Gasteiger partial charge in [-0.15, -0.1) is 0 Å². The lowest BCUT2D eigenvalue weighted by Crippen LogP contribution is -2.43. The van der Waals surface area contributed by atoms with E-state index in [9.17, 15) is 31.1 Å². The molecule has 0 aliphatic carbocycles. The van der Waals surface area contributed by atoms with Crippen molar-refractivity contribution in [2.24, 2.45) is 0 Å². The summed E-state index contributed by atoms with van der Waals surface area (Å²) in [6.45, 7) is 0.429. The van der Waals surface area contributed by atoms with E-state index in [1.54, 1.807) is 4.90 Å². The second kappa shape index (κ2) is 10.1. The summed E-state index contributed by atoms with van der Waals surface area (Å²) >= 11 is 17.7. The summed E-state index contributed by atoms with van der Waals surface area (Å²) in [4.78, 5) is 5.70. The van der Waals surface area contributed by atoms with E-state index in [1.807, 2.05) is 0 Å². The predicted octanol–water partition coefficient (Wildman–Crippen LogP) is 6.49. The molecule has 1 fully saturated rings. The second-order valence-corrected chi connectivity index (χ2v) is 11.3. The molecule has 6 nitrogen and oxygen atoms in total. The van der Waals surface area contributed by atoms with Gasteiger partial charge in [0, 0.05) is 13.1 Å². The van der Waals surface area contributed by atoms with E-state index >= 15 is 0 Å². The molecule has 1 aromatic heterocycles. The van der Waals surface area contributed by atoms with Crippen molar-refractivity contribution in [3.63, 3.8) is 0 Å². The van der Waals surface area contributed by atoms with Crippen molar-refractivity contribution in [1.29, 1.82) is 0 Å². The third-order valence-electron chi connectivity index (χ3n) is 5.97. The summed E-state index contributed by atoms with van der Waals surface area (Å²) in [6.07, 6.45) is -3.25. The lowest BCUT2D eigenvalue weighted by atomic mass is 9.83. The molecule has 0 unspecified atom stereocenters. The van der Waals surface area contributed by atoms with Crippen LogP contribution in [0, 0.1) is 5.82 Å². The van der Waals surface area contributed by atoms with Gasteiger partial charge in [0.25, 0.3) is 10.0 Å². The molecule has 0 radical (unpaired) electrons. The number of anilines is 2. The first-order valence-electron chi connectivity index (χ1n) is 10.7. The van der Waals surface area contributed by atoms with Gasteiger partial charge in [0.2, 0.25) is 0 Å². The van der Waals surface area contributed by atoms with Gasteiger partial charge in [0.15, 0.2) is 0 Å². The monoisotopic (exact) mass is 597 g/mol. The van der Waals surface area contributed by atoms with Crippen LogP contribution in [0.15, 0.2) is 53.6 Å². The molecule has 2 N–H and O–H groups in total. The molecule has 0 saturated carbocycles. The third-order valence-corrected chi connectivity index (χ3v) is 8.25. The largest absolute Gasteiger partial charge is 0.417 e. The minimum Gasteiger partial charge on any atom is -0.385 e. The van der Waals surface area contributed by atoms with E-state index in [4.69, 9.17) is 34.8 Å². The summed E-state index contributed by atoms with van der Waals surface area (Å²) in [6, 6.07) is 7.63. The summed E-state index contributed by atoms with van der Waals surface area (Å²) in [5.74, 6) is -0.455. The first kappa shape index (κ1) is 27.7. The number of benzene rings is 2. The highest BCUT2D eigenvalue weighted by molar-refractivity contribution is 7.92. The molecule has 198 valence electrons. The molecule has 2 aromatic carbocycles. The van der Waals surface area contributed by atoms with Gasteiger partial charge in [0.05, 0.1) is 43.0 Å². The van der Waals surface area contributed by atoms with Gasteiger partial charge in [-0.2, -0.15) is 13.2 Å². The number of pyridine rings is 1. The Morgan fingerprint density at radius 1 is 0.973 bits per heavy atom. The van der Waals surface area contributed by atoms with Crippen molar-refractivity contribution in [1.82, 2.24) is 4.98 Å². The van der Waals surface area contributed by atoms with Crippen molar-refractivity contribution < 1.29 is 31.1 Å². The van der Waals surface area contributed by atoms with E-state index in [-0.39, 0.29) is 52.1 Å².